The van der Waals surface area contributed by atoms with Crippen molar-refractivity contribution >= 4 is 11.9 Å². The minimum absolute atomic E-state index is 0.0816. The normalized spacial score (nSPS) is 41.9. The van der Waals surface area contributed by atoms with Crippen molar-refractivity contribution in [1.82, 2.24) is 0 Å². The fraction of sp³-hybridized carbons (Fsp3) is 0.667. The highest BCUT2D eigenvalue weighted by atomic mass is 16.7. The number of allylic oxidation sites excluding steroid dienone is 6. The number of esters is 1. The molecule has 280 valence electrons. The molecule has 0 aromatic carbocycles. The highest BCUT2D eigenvalue weighted by molar-refractivity contribution is 5.82. The summed E-state index contributed by atoms with van der Waals surface area (Å²) >= 11 is 0. The number of fused-ring (bicyclic) bond motifs is 3. The highest BCUT2D eigenvalue weighted by Crippen LogP contribution is 2.39. The second kappa shape index (κ2) is 18.6. The number of aliphatic carboxylic acids is 1. The van der Waals surface area contributed by atoms with E-state index in [1.54, 1.807) is 43.4 Å². The first-order valence-electron chi connectivity index (χ1n) is 17.4. The van der Waals surface area contributed by atoms with E-state index < -0.39 is 97.3 Å². The van der Waals surface area contributed by atoms with Crippen LogP contribution in [0, 0.1) is 5.92 Å². The van der Waals surface area contributed by atoms with Crippen LogP contribution in [-0.2, 0) is 33.3 Å². The van der Waals surface area contributed by atoms with Crippen molar-refractivity contribution in [1.29, 1.82) is 0 Å². The van der Waals surface area contributed by atoms with Gasteiger partial charge in [-0.2, -0.15) is 0 Å². The van der Waals surface area contributed by atoms with E-state index in [-0.39, 0.29) is 25.4 Å². The molecule has 0 radical (unpaired) electrons. The van der Waals surface area contributed by atoms with E-state index in [9.17, 15) is 40.2 Å². The standard InChI is InChI=1S/C36H53NO13/c1-3-4-12-23-13-10-8-6-5-7-9-11-14-24(48-35-33(42)31(37)32(41)21(2)46-35)18-28-30(34(43)44)25(39)20-36(45,50-28)19-22(38)17-27-26(49-27)15-16-29(40)47-23/h5-11,14-16,21-28,30-33,35,38-39,41-42,45H,3-4,12-13,17-20,37H2,1-2H3,(H,43,44)/t21-,22+,23?,24+,25+,26-,27-,28+,30-,31+,32-,33+,35+,36-/m1/s1. The molecule has 4 heterocycles. The Hall–Kier alpha value is -2.76. The zero-order valence-electron chi connectivity index (χ0n) is 28.6. The van der Waals surface area contributed by atoms with Gasteiger partial charge in [0.1, 0.15) is 24.2 Å². The molecule has 3 saturated heterocycles. The zero-order chi connectivity index (χ0) is 36.4. The van der Waals surface area contributed by atoms with Crippen molar-refractivity contribution in [3.05, 3.63) is 60.8 Å². The summed E-state index contributed by atoms with van der Waals surface area (Å²) < 4.78 is 29.0. The van der Waals surface area contributed by atoms with Gasteiger partial charge in [-0.15, -0.1) is 0 Å². The summed E-state index contributed by atoms with van der Waals surface area (Å²) in [7, 11) is 0. The van der Waals surface area contributed by atoms with Crippen LogP contribution in [0.5, 0.6) is 0 Å². The number of hydrogen-bond acceptors (Lipinski definition) is 13. The van der Waals surface area contributed by atoms with E-state index in [0.717, 1.165) is 19.3 Å². The zero-order valence-corrected chi connectivity index (χ0v) is 28.6. The Morgan fingerprint density at radius 3 is 2.42 bits per heavy atom. The number of carbonyl (C=O) groups is 2. The van der Waals surface area contributed by atoms with Gasteiger partial charge in [0, 0.05) is 38.2 Å². The number of aliphatic hydroxyl groups excluding tert-OH is 4. The quantitative estimate of drug-likeness (QED) is 0.152. The van der Waals surface area contributed by atoms with Crippen LogP contribution in [0.15, 0.2) is 60.8 Å². The summed E-state index contributed by atoms with van der Waals surface area (Å²) in [4.78, 5) is 24.8. The van der Waals surface area contributed by atoms with Crippen molar-refractivity contribution in [2.24, 2.45) is 11.7 Å². The average Bonchev–Trinajstić information content (AvgIpc) is 3.78. The number of carbonyl (C=O) groups excluding carboxylic acids is 1. The van der Waals surface area contributed by atoms with Gasteiger partial charge in [-0.05, 0) is 19.4 Å². The molecular weight excluding hydrogens is 654 g/mol. The lowest BCUT2D eigenvalue weighted by Gasteiger charge is -2.45. The summed E-state index contributed by atoms with van der Waals surface area (Å²) in [6.07, 6.45) is 8.24. The molecule has 3 fully saturated rings. The molecule has 1 unspecified atom stereocenters. The number of carboxylic acid groups (broad SMARTS) is 1. The SMILES string of the molecule is CCCCC1CC=CC=CC=CC=C[C@H](O[C@@H]2O[C@H](C)[C@@H](O)[C@H](N)[C@@H]2O)C[C@@H]2O[C@](O)(C[C@@H](O)C[C@H]3O[C@@H]3C=CC(=O)O1)C[C@H](O)[C@H]2C(=O)O. The van der Waals surface area contributed by atoms with Gasteiger partial charge < -0.3 is 60.1 Å². The molecule has 2 bridgehead atoms. The smallest absolute Gasteiger partial charge is 0.330 e. The van der Waals surface area contributed by atoms with Gasteiger partial charge in [0.05, 0.1) is 48.8 Å². The molecule has 0 amide bonds. The third-order valence-electron chi connectivity index (χ3n) is 9.35. The fourth-order valence-corrected chi connectivity index (χ4v) is 6.54. The fourth-order valence-electron chi connectivity index (χ4n) is 6.54. The molecule has 50 heavy (non-hydrogen) atoms. The molecule has 14 heteroatoms. The molecule has 0 aromatic heterocycles. The molecule has 14 atom stereocenters. The summed E-state index contributed by atoms with van der Waals surface area (Å²) in [6.45, 7) is 3.64. The van der Waals surface area contributed by atoms with Crippen LogP contribution < -0.4 is 5.73 Å². The van der Waals surface area contributed by atoms with Crippen molar-refractivity contribution in [2.45, 2.75) is 144 Å². The first kappa shape index (κ1) is 40.0. The predicted molar refractivity (Wildman–Crippen MR) is 179 cm³/mol. The topological polar surface area (TPSA) is 231 Å². The molecule has 4 rings (SSSR count). The molecule has 8 N–H and O–H groups in total. The Balaban J connectivity index is 1.58. The lowest BCUT2D eigenvalue weighted by Crippen LogP contribution is -2.61. The van der Waals surface area contributed by atoms with Crippen molar-refractivity contribution in [3.63, 3.8) is 0 Å². The summed E-state index contributed by atoms with van der Waals surface area (Å²) in [5.41, 5.74) is 6.00. The maximum atomic E-state index is 12.5. The molecule has 14 nitrogen and oxygen atoms in total. The van der Waals surface area contributed by atoms with Gasteiger partial charge in [0.15, 0.2) is 12.1 Å². The van der Waals surface area contributed by atoms with Crippen LogP contribution in [0.3, 0.4) is 0 Å². The van der Waals surface area contributed by atoms with Crippen LogP contribution in [-0.4, -0.2) is 122 Å². The lowest BCUT2D eigenvalue weighted by molar-refractivity contribution is -0.308. The summed E-state index contributed by atoms with van der Waals surface area (Å²) in [5.74, 6) is -5.41. The number of ether oxygens (including phenoxy) is 5. The summed E-state index contributed by atoms with van der Waals surface area (Å²) in [5, 5.41) is 64.2. The van der Waals surface area contributed by atoms with Gasteiger partial charge in [-0.3, -0.25) is 4.79 Å². The van der Waals surface area contributed by atoms with E-state index in [1.807, 2.05) is 18.2 Å². The average molecular weight is 708 g/mol. The maximum Gasteiger partial charge on any atom is 0.330 e. The van der Waals surface area contributed by atoms with Gasteiger partial charge in [-0.25, -0.2) is 4.79 Å². The largest absolute Gasteiger partial charge is 0.481 e. The van der Waals surface area contributed by atoms with Gasteiger partial charge in [-0.1, -0.05) is 68.4 Å². The summed E-state index contributed by atoms with van der Waals surface area (Å²) in [6, 6.07) is -1.08. The molecule has 4 aliphatic rings. The number of rotatable bonds is 6. The number of hydrogen-bond donors (Lipinski definition) is 7. The van der Waals surface area contributed by atoms with Crippen LogP contribution in [0.2, 0.25) is 0 Å². The van der Waals surface area contributed by atoms with Gasteiger partial charge in [0.25, 0.3) is 0 Å². The predicted octanol–water partition coefficient (Wildman–Crippen LogP) is 1.29. The van der Waals surface area contributed by atoms with Gasteiger partial charge in [0.2, 0.25) is 0 Å². The van der Waals surface area contributed by atoms with E-state index in [2.05, 4.69) is 6.92 Å². The minimum Gasteiger partial charge on any atom is -0.481 e. The van der Waals surface area contributed by atoms with Crippen LogP contribution in [0.1, 0.15) is 65.2 Å². The highest BCUT2D eigenvalue weighted by Gasteiger charge is 2.51. The van der Waals surface area contributed by atoms with E-state index in [4.69, 9.17) is 29.4 Å². The first-order valence-corrected chi connectivity index (χ1v) is 17.4. The molecule has 0 spiro atoms. The van der Waals surface area contributed by atoms with E-state index in [0.29, 0.717) is 6.42 Å². The van der Waals surface area contributed by atoms with Crippen LogP contribution in [0.4, 0.5) is 0 Å². The van der Waals surface area contributed by atoms with Crippen LogP contribution in [0.25, 0.3) is 0 Å². The Morgan fingerprint density at radius 2 is 1.70 bits per heavy atom. The van der Waals surface area contributed by atoms with Crippen LogP contribution >= 0.6 is 0 Å². The third-order valence-corrected chi connectivity index (χ3v) is 9.35. The Kier molecular flexibility index (Phi) is 14.9. The Bertz CT molecular complexity index is 1270. The molecular formula is C36H53NO13. The monoisotopic (exact) mass is 707 g/mol. The van der Waals surface area contributed by atoms with Crippen molar-refractivity contribution < 1.29 is 63.9 Å². The number of nitrogens with two attached hydrogens (primary N) is 1. The molecule has 0 aromatic rings. The third kappa shape index (κ3) is 11.6. The minimum atomic E-state index is -2.10. The number of epoxide rings is 1. The first-order chi connectivity index (χ1) is 23.8. The molecule has 0 aliphatic carbocycles. The van der Waals surface area contributed by atoms with Gasteiger partial charge >= 0.3 is 11.9 Å². The Morgan fingerprint density at radius 1 is 0.980 bits per heavy atom. The second-order valence-corrected chi connectivity index (χ2v) is 13.5. The van der Waals surface area contributed by atoms with E-state index >= 15 is 0 Å². The Labute approximate surface area is 292 Å². The second-order valence-electron chi connectivity index (χ2n) is 13.5. The lowest BCUT2D eigenvalue weighted by atomic mass is 9.83. The van der Waals surface area contributed by atoms with Crippen molar-refractivity contribution in [3.8, 4) is 0 Å². The molecule has 4 aliphatic heterocycles. The number of cyclic esters (lactones) is 1. The van der Waals surface area contributed by atoms with E-state index in [1.165, 1.54) is 6.08 Å². The number of unbranched alkanes of at least 4 members (excludes halogenated alkanes) is 1. The number of carboxylic acids is 1. The maximum absolute atomic E-state index is 12.5. The van der Waals surface area contributed by atoms with Crippen molar-refractivity contribution in [2.75, 3.05) is 0 Å². The molecule has 0 saturated carbocycles. The number of aliphatic hydroxyl groups is 5.